The van der Waals surface area contributed by atoms with Crippen molar-refractivity contribution in [2.24, 2.45) is 0 Å². The molecule has 4 heteroatoms. The fourth-order valence-corrected chi connectivity index (χ4v) is 7.86. The largest absolute Gasteiger partial charge is 0.346 e. The van der Waals surface area contributed by atoms with Crippen LogP contribution < -0.4 is 10.2 Å². The van der Waals surface area contributed by atoms with Crippen molar-refractivity contribution in [3.05, 3.63) is 164 Å². The van der Waals surface area contributed by atoms with Gasteiger partial charge in [-0.1, -0.05) is 115 Å². The summed E-state index contributed by atoms with van der Waals surface area (Å²) >= 11 is 0. The molecule has 1 atom stereocenters. The number of para-hydroxylation sites is 3. The van der Waals surface area contributed by atoms with Gasteiger partial charge in [0.25, 0.3) is 0 Å². The standard InChI is InChI=1S/C44H32N4/c1-46-41-20-12-11-19-38(41)45-44(46)48-40-26-22-32(30-15-7-3-8-16-30)28-37(40)35-24-23-34-36-27-31(29-13-5-2-6-14-29)21-25-39(36)47(42(34)43(35)48)33-17-9-4-10-18-33/h2-28,44-45H,1H3. The Morgan fingerprint density at radius 3 is 1.65 bits per heavy atom. The molecule has 1 N–H and O–H groups in total. The van der Waals surface area contributed by atoms with Gasteiger partial charge < -0.3 is 14.8 Å². The van der Waals surface area contributed by atoms with Crippen molar-refractivity contribution in [2.45, 2.75) is 6.29 Å². The summed E-state index contributed by atoms with van der Waals surface area (Å²) in [5.41, 5.74) is 13.2. The number of rotatable bonds is 4. The highest BCUT2D eigenvalue weighted by Gasteiger charge is 2.31. The van der Waals surface area contributed by atoms with E-state index in [2.05, 4.69) is 190 Å². The van der Waals surface area contributed by atoms with Crippen molar-refractivity contribution in [3.63, 3.8) is 0 Å². The van der Waals surface area contributed by atoms with Crippen LogP contribution in [0.15, 0.2) is 164 Å². The van der Waals surface area contributed by atoms with Gasteiger partial charge in [0.2, 0.25) is 0 Å². The second-order valence-corrected chi connectivity index (χ2v) is 12.7. The Kier molecular flexibility index (Phi) is 5.82. The topological polar surface area (TPSA) is 25.1 Å². The Balaban J connectivity index is 1.35. The number of hydrogen-bond acceptors (Lipinski definition) is 2. The zero-order valence-electron chi connectivity index (χ0n) is 26.5. The Morgan fingerprint density at radius 2 is 1.00 bits per heavy atom. The zero-order chi connectivity index (χ0) is 31.8. The van der Waals surface area contributed by atoms with E-state index < -0.39 is 0 Å². The van der Waals surface area contributed by atoms with Crippen LogP contribution in [-0.4, -0.2) is 16.2 Å². The van der Waals surface area contributed by atoms with E-state index in [0.717, 1.165) is 11.4 Å². The van der Waals surface area contributed by atoms with Crippen LogP contribution in [0.5, 0.6) is 0 Å². The van der Waals surface area contributed by atoms with Crippen molar-refractivity contribution in [1.82, 2.24) is 9.13 Å². The molecule has 0 saturated carbocycles. The molecule has 10 rings (SSSR count). The van der Waals surface area contributed by atoms with E-state index in [0.29, 0.717) is 0 Å². The van der Waals surface area contributed by atoms with Gasteiger partial charge in [-0.25, -0.2) is 0 Å². The number of hydrogen-bond donors (Lipinski definition) is 1. The van der Waals surface area contributed by atoms with Crippen molar-refractivity contribution in [2.75, 3.05) is 17.3 Å². The lowest BCUT2D eigenvalue weighted by Crippen LogP contribution is -2.29. The molecule has 0 bridgehead atoms. The van der Waals surface area contributed by atoms with Crippen LogP contribution in [0, 0.1) is 0 Å². The molecule has 1 aliphatic rings. The van der Waals surface area contributed by atoms with E-state index in [-0.39, 0.29) is 6.29 Å². The van der Waals surface area contributed by atoms with Crippen LogP contribution in [0.25, 0.3) is 71.6 Å². The summed E-state index contributed by atoms with van der Waals surface area (Å²) in [4.78, 5) is 2.36. The van der Waals surface area contributed by atoms with Gasteiger partial charge in [-0.2, -0.15) is 0 Å². The smallest absolute Gasteiger partial charge is 0.183 e. The number of benzene rings is 7. The molecule has 3 heterocycles. The molecule has 7 aromatic carbocycles. The van der Waals surface area contributed by atoms with Gasteiger partial charge in [0.05, 0.1) is 33.4 Å². The Hall–Kier alpha value is -6.26. The van der Waals surface area contributed by atoms with Crippen LogP contribution in [0.1, 0.15) is 6.29 Å². The molecule has 2 aromatic heterocycles. The normalized spacial score (nSPS) is 14.3. The van der Waals surface area contributed by atoms with E-state index in [1.54, 1.807) is 0 Å². The minimum Gasteiger partial charge on any atom is -0.346 e. The van der Waals surface area contributed by atoms with E-state index in [1.165, 1.54) is 71.6 Å². The maximum Gasteiger partial charge on any atom is 0.183 e. The van der Waals surface area contributed by atoms with Gasteiger partial charge in [0.1, 0.15) is 0 Å². The first-order valence-corrected chi connectivity index (χ1v) is 16.5. The molecule has 0 spiro atoms. The first-order chi connectivity index (χ1) is 23.7. The Morgan fingerprint density at radius 1 is 0.458 bits per heavy atom. The van der Waals surface area contributed by atoms with Crippen molar-refractivity contribution < 1.29 is 0 Å². The maximum atomic E-state index is 3.89. The summed E-state index contributed by atoms with van der Waals surface area (Å²) in [5, 5.41) is 8.86. The van der Waals surface area contributed by atoms with Gasteiger partial charge >= 0.3 is 0 Å². The highest BCUT2D eigenvalue weighted by Crippen LogP contribution is 2.46. The molecule has 0 amide bonds. The van der Waals surface area contributed by atoms with Gasteiger partial charge in [-0.3, -0.25) is 4.57 Å². The number of aromatic nitrogens is 2. The van der Waals surface area contributed by atoms with Gasteiger partial charge in [-0.05, 0) is 70.8 Å². The minimum absolute atomic E-state index is 0.113. The van der Waals surface area contributed by atoms with Gasteiger partial charge in [0.15, 0.2) is 6.29 Å². The van der Waals surface area contributed by atoms with Crippen LogP contribution in [0.2, 0.25) is 0 Å². The molecule has 4 nitrogen and oxygen atoms in total. The summed E-state index contributed by atoms with van der Waals surface area (Å²) < 4.78 is 5.00. The lowest BCUT2D eigenvalue weighted by Gasteiger charge is -2.26. The fraction of sp³-hybridized carbons (Fsp3) is 0.0455. The quantitative estimate of drug-likeness (QED) is 0.213. The predicted molar refractivity (Wildman–Crippen MR) is 202 cm³/mol. The molecule has 228 valence electrons. The molecule has 0 fully saturated rings. The average molecular weight is 617 g/mol. The molecule has 0 radical (unpaired) electrons. The molecule has 48 heavy (non-hydrogen) atoms. The first kappa shape index (κ1) is 26.9. The monoisotopic (exact) mass is 616 g/mol. The van der Waals surface area contributed by atoms with E-state index in [1.807, 2.05) is 0 Å². The zero-order valence-corrected chi connectivity index (χ0v) is 26.5. The second kappa shape index (κ2) is 10.4. The first-order valence-electron chi connectivity index (χ1n) is 16.5. The summed E-state index contributed by atoms with van der Waals surface area (Å²) in [7, 11) is 2.19. The van der Waals surface area contributed by atoms with Crippen LogP contribution in [0.3, 0.4) is 0 Å². The SMILES string of the molecule is CN1c2ccccc2NC1n1c2ccc(-c3ccccc3)cc2c2ccc3c4cc(-c5ccccc5)ccc4n(-c4ccccc4)c3c21. The highest BCUT2D eigenvalue weighted by atomic mass is 15.4. The van der Waals surface area contributed by atoms with Crippen LogP contribution in [0.4, 0.5) is 11.4 Å². The number of nitrogens with one attached hydrogen (secondary N) is 1. The summed E-state index contributed by atoms with van der Waals surface area (Å²) in [5.74, 6) is 0. The van der Waals surface area contributed by atoms with Crippen molar-refractivity contribution >= 4 is 55.0 Å². The Labute approximate surface area is 278 Å². The van der Waals surface area contributed by atoms with E-state index in [9.17, 15) is 0 Å². The predicted octanol–water partition coefficient (Wildman–Crippen LogP) is 11.2. The molecule has 0 saturated heterocycles. The van der Waals surface area contributed by atoms with Crippen molar-refractivity contribution in [3.8, 4) is 27.9 Å². The number of fused-ring (bicyclic) bond motifs is 8. The lowest BCUT2D eigenvalue weighted by atomic mass is 10.0. The summed E-state index contributed by atoms with van der Waals surface area (Å²) in [6, 6.07) is 59.4. The third-order valence-corrected chi connectivity index (χ3v) is 10.1. The van der Waals surface area contributed by atoms with Crippen LogP contribution >= 0.6 is 0 Å². The molecule has 9 aromatic rings. The maximum absolute atomic E-state index is 3.89. The van der Waals surface area contributed by atoms with E-state index in [4.69, 9.17) is 0 Å². The third kappa shape index (κ3) is 3.90. The number of nitrogens with zero attached hydrogens (tertiary/aromatic N) is 3. The average Bonchev–Trinajstić information content (AvgIpc) is 3.79. The fourth-order valence-electron chi connectivity index (χ4n) is 7.86. The van der Waals surface area contributed by atoms with Gasteiger partial charge in [-0.15, -0.1) is 0 Å². The van der Waals surface area contributed by atoms with E-state index >= 15 is 0 Å². The van der Waals surface area contributed by atoms with Crippen molar-refractivity contribution in [1.29, 1.82) is 0 Å². The Bertz CT molecular complexity index is 2650. The second-order valence-electron chi connectivity index (χ2n) is 12.7. The van der Waals surface area contributed by atoms with Gasteiger partial charge in [0, 0.05) is 34.3 Å². The molecular formula is C44H32N4. The lowest BCUT2D eigenvalue weighted by molar-refractivity contribution is 0.608. The molecular weight excluding hydrogens is 585 g/mol. The number of anilines is 2. The molecule has 1 unspecified atom stereocenters. The highest BCUT2D eigenvalue weighted by molar-refractivity contribution is 6.24. The third-order valence-electron chi connectivity index (χ3n) is 10.1. The molecule has 1 aliphatic heterocycles. The molecule has 0 aliphatic carbocycles. The summed E-state index contributed by atoms with van der Waals surface area (Å²) in [6.07, 6.45) is -0.113. The van der Waals surface area contributed by atoms with Crippen LogP contribution in [-0.2, 0) is 0 Å². The minimum atomic E-state index is -0.113. The summed E-state index contributed by atoms with van der Waals surface area (Å²) in [6.45, 7) is 0.